The lowest BCUT2D eigenvalue weighted by atomic mass is 9.97. The average molecular weight is 312 g/mol. The van der Waals surface area contributed by atoms with Crippen LogP contribution in [0.25, 0.3) is 0 Å². The highest BCUT2D eigenvalue weighted by molar-refractivity contribution is 5.89. The van der Waals surface area contributed by atoms with Gasteiger partial charge in [0.05, 0.1) is 13.0 Å². The van der Waals surface area contributed by atoms with Crippen LogP contribution in [0.2, 0.25) is 0 Å². The molecule has 0 aliphatic heterocycles. The van der Waals surface area contributed by atoms with Crippen molar-refractivity contribution >= 4 is 17.7 Å². The van der Waals surface area contributed by atoms with Gasteiger partial charge in [0.1, 0.15) is 11.4 Å². The molecule has 6 nitrogen and oxygen atoms in total. The number of benzene rings is 1. The third kappa shape index (κ3) is 5.00. The van der Waals surface area contributed by atoms with E-state index in [1.54, 1.807) is 20.8 Å². The van der Waals surface area contributed by atoms with E-state index in [1.807, 2.05) is 0 Å². The zero-order valence-corrected chi connectivity index (χ0v) is 13.1. The number of amides is 1. The lowest BCUT2D eigenvalue weighted by molar-refractivity contribution is -0.142. The maximum Gasteiger partial charge on any atom is 0.412 e. The summed E-state index contributed by atoms with van der Waals surface area (Å²) in [6.07, 6.45) is -0.707. The van der Waals surface area contributed by atoms with Gasteiger partial charge in [-0.1, -0.05) is 0 Å². The Balaban J connectivity index is 3.10. The molecule has 1 unspecified atom stereocenters. The van der Waals surface area contributed by atoms with Gasteiger partial charge in [-0.15, -0.1) is 0 Å². The van der Waals surface area contributed by atoms with Crippen molar-refractivity contribution in [2.45, 2.75) is 32.3 Å². The van der Waals surface area contributed by atoms with E-state index < -0.39 is 29.4 Å². The fraction of sp³-hybridized carbons (Fsp3) is 0.467. The van der Waals surface area contributed by atoms with Crippen molar-refractivity contribution in [2.24, 2.45) is 5.73 Å². The molecule has 3 N–H and O–H groups in total. The normalized spacial score (nSPS) is 12.5. The number of rotatable bonds is 4. The first kappa shape index (κ1) is 17.9. The van der Waals surface area contributed by atoms with E-state index >= 15 is 0 Å². The van der Waals surface area contributed by atoms with Crippen molar-refractivity contribution in [3.63, 3.8) is 0 Å². The highest BCUT2D eigenvalue weighted by Crippen LogP contribution is 2.27. The lowest BCUT2D eigenvalue weighted by Crippen LogP contribution is -2.29. The molecule has 0 saturated heterocycles. The highest BCUT2D eigenvalue weighted by Gasteiger charge is 2.25. The van der Waals surface area contributed by atoms with Crippen LogP contribution in [0.5, 0.6) is 0 Å². The number of ether oxygens (including phenoxy) is 2. The van der Waals surface area contributed by atoms with Crippen molar-refractivity contribution in [3.8, 4) is 0 Å². The number of carbonyl (C=O) groups excluding carboxylic acids is 2. The summed E-state index contributed by atoms with van der Waals surface area (Å²) in [5, 5.41) is 2.50. The predicted molar refractivity (Wildman–Crippen MR) is 80.1 cm³/mol. The van der Waals surface area contributed by atoms with E-state index in [-0.39, 0.29) is 17.8 Å². The van der Waals surface area contributed by atoms with E-state index in [0.717, 1.165) is 6.07 Å². The van der Waals surface area contributed by atoms with Crippen molar-refractivity contribution in [1.29, 1.82) is 0 Å². The number of hydrogen-bond acceptors (Lipinski definition) is 5. The molecule has 0 aromatic heterocycles. The molecule has 0 spiro atoms. The van der Waals surface area contributed by atoms with Gasteiger partial charge in [-0.25, -0.2) is 9.18 Å². The SMILES string of the molecule is COC(=O)C(CN)c1cc(F)ccc1NC(=O)OC(C)(C)C. The fourth-order valence-corrected chi connectivity index (χ4v) is 1.84. The largest absolute Gasteiger partial charge is 0.469 e. The summed E-state index contributed by atoms with van der Waals surface area (Å²) in [4.78, 5) is 23.6. The standard InChI is InChI=1S/C15H21FN2O4/c1-15(2,3)22-14(20)18-12-6-5-9(16)7-10(12)11(8-17)13(19)21-4/h5-7,11H,8,17H2,1-4H3,(H,18,20). The number of halogens is 1. The monoisotopic (exact) mass is 312 g/mol. The van der Waals surface area contributed by atoms with Gasteiger partial charge in [0.2, 0.25) is 0 Å². The summed E-state index contributed by atoms with van der Waals surface area (Å²) in [6.45, 7) is 5.07. The summed E-state index contributed by atoms with van der Waals surface area (Å²) in [7, 11) is 1.21. The zero-order valence-electron chi connectivity index (χ0n) is 13.1. The van der Waals surface area contributed by atoms with Gasteiger partial charge in [-0.3, -0.25) is 10.1 Å². The second kappa shape index (κ2) is 7.22. The zero-order chi connectivity index (χ0) is 16.9. The van der Waals surface area contributed by atoms with Crippen LogP contribution in [0, 0.1) is 5.82 Å². The molecule has 0 aliphatic rings. The van der Waals surface area contributed by atoms with E-state index in [4.69, 9.17) is 10.5 Å². The van der Waals surface area contributed by atoms with E-state index in [1.165, 1.54) is 19.2 Å². The van der Waals surface area contributed by atoms with Crippen molar-refractivity contribution in [1.82, 2.24) is 0 Å². The Morgan fingerprint density at radius 3 is 2.50 bits per heavy atom. The number of esters is 1. The van der Waals surface area contributed by atoms with Gasteiger partial charge in [0, 0.05) is 12.2 Å². The Labute approximate surface area is 128 Å². The van der Waals surface area contributed by atoms with E-state index in [0.29, 0.717) is 0 Å². The summed E-state index contributed by atoms with van der Waals surface area (Å²) in [5.74, 6) is -2.04. The quantitative estimate of drug-likeness (QED) is 0.833. The molecular formula is C15H21FN2O4. The van der Waals surface area contributed by atoms with Crippen molar-refractivity contribution < 1.29 is 23.5 Å². The number of nitrogens with one attached hydrogen (secondary N) is 1. The topological polar surface area (TPSA) is 90.6 Å². The van der Waals surface area contributed by atoms with Crippen LogP contribution >= 0.6 is 0 Å². The molecule has 1 rings (SSSR count). The molecule has 0 fully saturated rings. The minimum absolute atomic E-state index is 0.0842. The molecule has 22 heavy (non-hydrogen) atoms. The minimum atomic E-state index is -0.884. The van der Waals surface area contributed by atoms with E-state index in [2.05, 4.69) is 10.1 Å². The number of hydrogen-bond donors (Lipinski definition) is 2. The third-order valence-electron chi connectivity index (χ3n) is 2.75. The summed E-state index contributed by atoms with van der Waals surface area (Å²) in [6, 6.07) is 3.66. The van der Waals surface area contributed by atoms with Crippen molar-refractivity contribution in [2.75, 3.05) is 19.0 Å². The van der Waals surface area contributed by atoms with Gasteiger partial charge < -0.3 is 15.2 Å². The molecule has 1 aromatic rings. The Bertz CT molecular complexity index is 555. The number of anilines is 1. The minimum Gasteiger partial charge on any atom is -0.469 e. The van der Waals surface area contributed by atoms with Crippen molar-refractivity contribution in [3.05, 3.63) is 29.6 Å². The second-order valence-corrected chi connectivity index (χ2v) is 5.67. The molecule has 122 valence electrons. The van der Waals surface area contributed by atoms with Gasteiger partial charge in [0.15, 0.2) is 0 Å². The molecule has 0 aliphatic carbocycles. The van der Waals surface area contributed by atoms with Crippen LogP contribution in [0.1, 0.15) is 32.3 Å². The predicted octanol–water partition coefficient (Wildman–Crippen LogP) is 2.39. The maximum atomic E-state index is 13.5. The van der Waals surface area contributed by atoms with Crippen LogP contribution in [0.15, 0.2) is 18.2 Å². The van der Waals surface area contributed by atoms with Crippen LogP contribution < -0.4 is 11.1 Å². The third-order valence-corrected chi connectivity index (χ3v) is 2.75. The first-order valence-corrected chi connectivity index (χ1v) is 6.75. The van der Waals surface area contributed by atoms with Crippen LogP contribution in [0.4, 0.5) is 14.9 Å². The highest BCUT2D eigenvalue weighted by atomic mass is 19.1. The average Bonchev–Trinajstić information content (AvgIpc) is 2.40. The molecule has 0 bridgehead atoms. The summed E-state index contributed by atoms with van der Waals surface area (Å²) >= 11 is 0. The fourth-order valence-electron chi connectivity index (χ4n) is 1.84. The number of nitrogens with two attached hydrogens (primary N) is 1. The molecule has 0 heterocycles. The Kier molecular flexibility index (Phi) is 5.87. The van der Waals surface area contributed by atoms with Gasteiger partial charge in [0.25, 0.3) is 0 Å². The first-order chi connectivity index (χ1) is 10.2. The molecule has 0 saturated carbocycles. The maximum absolute atomic E-state index is 13.5. The number of methoxy groups -OCH3 is 1. The van der Waals surface area contributed by atoms with Crippen LogP contribution in [-0.2, 0) is 14.3 Å². The first-order valence-electron chi connectivity index (χ1n) is 6.75. The molecule has 1 amide bonds. The summed E-state index contributed by atoms with van der Waals surface area (Å²) in [5.41, 5.74) is 5.37. The second-order valence-electron chi connectivity index (χ2n) is 5.67. The molecule has 1 aromatic carbocycles. The molecular weight excluding hydrogens is 291 g/mol. The Morgan fingerprint density at radius 2 is 2.00 bits per heavy atom. The smallest absolute Gasteiger partial charge is 0.412 e. The molecule has 7 heteroatoms. The molecule has 0 radical (unpaired) electrons. The van der Waals surface area contributed by atoms with Gasteiger partial charge >= 0.3 is 12.1 Å². The van der Waals surface area contributed by atoms with Gasteiger partial charge in [-0.05, 0) is 44.5 Å². The Morgan fingerprint density at radius 1 is 1.36 bits per heavy atom. The summed E-state index contributed by atoms with van der Waals surface area (Å²) < 4.78 is 23.3. The van der Waals surface area contributed by atoms with E-state index in [9.17, 15) is 14.0 Å². The van der Waals surface area contributed by atoms with Crippen LogP contribution in [-0.4, -0.2) is 31.3 Å². The Hall–Kier alpha value is -2.15. The van der Waals surface area contributed by atoms with Crippen LogP contribution in [0.3, 0.4) is 0 Å². The number of carbonyl (C=O) groups is 2. The van der Waals surface area contributed by atoms with Gasteiger partial charge in [-0.2, -0.15) is 0 Å². The lowest BCUT2D eigenvalue weighted by Gasteiger charge is -2.22. The molecule has 1 atom stereocenters.